The number of pyridine rings is 2. The lowest BCUT2D eigenvalue weighted by Gasteiger charge is -2.32. The van der Waals surface area contributed by atoms with Gasteiger partial charge in [0.25, 0.3) is 0 Å². The molecule has 5 aliphatic rings. The summed E-state index contributed by atoms with van der Waals surface area (Å²) in [6.07, 6.45) is -3.32. The van der Waals surface area contributed by atoms with Gasteiger partial charge in [-0.25, -0.2) is 24.4 Å². The molecule has 2 atom stereocenters. The average molecular weight is 1290 g/mol. The molecule has 3 N–H and O–H groups in total. The molecule has 5 fully saturated rings. The molecule has 0 saturated carbocycles. The number of carbonyl (C=O) groups excluding carboxylic acids is 3. The number of alkyl halides is 6. The van der Waals surface area contributed by atoms with Crippen LogP contribution in [-0.4, -0.2) is 173 Å². The molecule has 5 aliphatic heterocycles. The maximum absolute atomic E-state index is 12.8. The molecule has 20 nitrogen and oxygen atoms in total. The van der Waals surface area contributed by atoms with E-state index in [1.54, 1.807) is 43.0 Å². The summed E-state index contributed by atoms with van der Waals surface area (Å²) < 4.78 is 105. The monoisotopic (exact) mass is 1290 g/mol. The second-order valence-corrected chi connectivity index (χ2v) is 25.8. The molecule has 0 aliphatic carbocycles. The largest absolute Gasteiger partial charge is 0.498 e. The van der Waals surface area contributed by atoms with Crippen LogP contribution in [0.25, 0.3) is 33.5 Å². The van der Waals surface area contributed by atoms with E-state index in [0.29, 0.717) is 74.3 Å². The second kappa shape index (κ2) is 28.2. The van der Waals surface area contributed by atoms with Gasteiger partial charge in [0.2, 0.25) is 0 Å². The van der Waals surface area contributed by atoms with Crippen molar-refractivity contribution in [2.45, 2.75) is 117 Å². The number of halogens is 7. The number of anilines is 4. The normalized spacial score (nSPS) is 19.1. The van der Waals surface area contributed by atoms with E-state index in [-0.39, 0.29) is 19.1 Å². The van der Waals surface area contributed by atoms with E-state index in [1.807, 2.05) is 105 Å². The number of H-pyrrole nitrogens is 1. The van der Waals surface area contributed by atoms with Crippen LogP contribution in [-0.2, 0) is 23.5 Å². The highest BCUT2D eigenvalue weighted by atomic mass is 35.5. The number of urea groups is 2. The van der Waals surface area contributed by atoms with Crippen molar-refractivity contribution in [3.8, 4) is 33.5 Å². The fourth-order valence-corrected chi connectivity index (χ4v) is 11.3. The number of aromatic amines is 1. The summed E-state index contributed by atoms with van der Waals surface area (Å²) in [7, 11) is -0.536. The highest BCUT2D eigenvalue weighted by Crippen LogP contribution is 2.39. The number of likely N-dealkylation sites (tertiary alicyclic amines) is 2. The van der Waals surface area contributed by atoms with E-state index in [1.165, 1.54) is 9.80 Å². The quantitative estimate of drug-likeness (QED) is 0.0663. The minimum absolute atomic E-state index is 0.103. The van der Waals surface area contributed by atoms with Gasteiger partial charge in [-0.1, -0.05) is 23.7 Å². The SMILES string of the molecule is CC(C)(C)OC(=O)n1cc(B2OC(C)(C)C(C)(C)O2)cn1.Cc1ccc(NC(=O)N2CC[C@@H](CC(F)(F)F)C2)cc1-c1cc(-c2cn[nH]c2)nc(N2CCOCC2)c1.Cc1ccc(NC(=O)N2CC[C@@H](CC(F)(F)F)C2)cc1-c1cc(Cl)nc(N2CCOCC2)c1. The lowest BCUT2D eigenvalue weighted by Crippen LogP contribution is -2.41. The summed E-state index contributed by atoms with van der Waals surface area (Å²) in [5, 5.41) is 17.0. The maximum Gasteiger partial charge on any atom is 0.498 e. The molecule has 490 valence electrons. The van der Waals surface area contributed by atoms with E-state index in [4.69, 9.17) is 40.1 Å². The van der Waals surface area contributed by atoms with E-state index < -0.39 is 73.1 Å². The number of hydrogen-bond donors (Lipinski definition) is 3. The van der Waals surface area contributed by atoms with Gasteiger partial charge in [0.1, 0.15) is 22.4 Å². The molecule has 5 saturated heterocycles. The van der Waals surface area contributed by atoms with Crippen LogP contribution in [0.15, 0.2) is 85.5 Å². The number of morpholine rings is 2. The molecule has 91 heavy (non-hydrogen) atoms. The van der Waals surface area contributed by atoms with Gasteiger partial charge in [0, 0.05) is 106 Å². The molecule has 0 bridgehead atoms. The Balaban J connectivity index is 0.000000168. The van der Waals surface area contributed by atoms with E-state index in [9.17, 15) is 40.7 Å². The van der Waals surface area contributed by atoms with Gasteiger partial charge < -0.3 is 53.8 Å². The first kappa shape index (κ1) is 67.9. The van der Waals surface area contributed by atoms with E-state index in [2.05, 4.69) is 40.7 Å². The van der Waals surface area contributed by atoms with Crippen molar-refractivity contribution in [3.05, 3.63) is 102 Å². The summed E-state index contributed by atoms with van der Waals surface area (Å²) in [6, 6.07) is 18.1. The van der Waals surface area contributed by atoms with Crippen molar-refractivity contribution in [3.63, 3.8) is 0 Å². The molecule has 9 heterocycles. The van der Waals surface area contributed by atoms with Crippen molar-refractivity contribution in [2.24, 2.45) is 11.8 Å². The van der Waals surface area contributed by atoms with Gasteiger partial charge in [-0.2, -0.15) is 41.2 Å². The minimum Gasteiger partial charge on any atom is -0.442 e. The summed E-state index contributed by atoms with van der Waals surface area (Å²) >= 11 is 6.32. The molecule has 28 heteroatoms. The van der Waals surface area contributed by atoms with Crippen molar-refractivity contribution >= 4 is 65.3 Å². The van der Waals surface area contributed by atoms with E-state index >= 15 is 0 Å². The second-order valence-electron chi connectivity index (χ2n) is 25.4. The highest BCUT2D eigenvalue weighted by molar-refractivity contribution is 6.62. The standard InChI is InChI=1S/C26H29F3N6O2.C23H26ClF3N4O2.C14H23BN2O4/c1-17-2-3-21(32-25(36)35-5-4-18(16-35)13-26(27,28)29)12-22(17)19-10-23(20-14-30-31-15-20)33-24(11-19)34-6-8-37-9-7-34;1-15-2-3-18(28-22(32)31-5-4-16(14-31)13-23(25,26)27)12-19(15)17-10-20(24)29-21(11-17)30-6-8-33-9-7-30;1-12(2,3)19-11(18)17-9-10(8-16-17)15-20-13(4,5)14(6,7)21-15/h2-3,10-12,14-15,18H,4-9,13,16H2,1H3,(H,30,31)(H,32,36);2-3,10-12,16H,4-9,13-14H2,1H3,(H,28,32);8-9H,1-7H3/t18-;16-;/m00./s1. The topological polar surface area (TPSA) is 207 Å². The molecule has 4 aromatic heterocycles. The number of carbonyl (C=O) groups is 3. The minimum atomic E-state index is -4.22. The molecule has 2 aromatic carbocycles. The smallest absolute Gasteiger partial charge is 0.442 e. The van der Waals surface area contributed by atoms with Crippen molar-refractivity contribution in [1.82, 2.24) is 39.7 Å². The average Bonchev–Trinajstić information content (AvgIpc) is 1.86. The predicted molar refractivity (Wildman–Crippen MR) is 336 cm³/mol. The summed E-state index contributed by atoms with van der Waals surface area (Å²) in [5.74, 6) is 0.485. The van der Waals surface area contributed by atoms with Crippen LogP contribution in [0, 0.1) is 25.7 Å². The van der Waals surface area contributed by atoms with Gasteiger partial charge in [0.15, 0.2) is 0 Å². The van der Waals surface area contributed by atoms with Gasteiger partial charge in [-0.05, 0) is 169 Å². The summed E-state index contributed by atoms with van der Waals surface area (Å²) in [5.41, 5.74) is 7.71. The first-order chi connectivity index (χ1) is 42.8. The molecule has 4 amide bonds. The fraction of sp³-hybridized carbons (Fsp3) is 0.508. The molecule has 6 aromatic rings. The Bertz CT molecular complexity index is 3480. The summed E-state index contributed by atoms with van der Waals surface area (Å²) in [6.45, 7) is 23.6. The number of rotatable bonds is 10. The van der Waals surface area contributed by atoms with Crippen LogP contribution in [0.5, 0.6) is 0 Å². The Morgan fingerprint density at radius 1 is 0.670 bits per heavy atom. The number of aryl methyl sites for hydroxylation is 2. The van der Waals surface area contributed by atoms with Crippen LogP contribution in [0.2, 0.25) is 5.15 Å². The van der Waals surface area contributed by atoms with E-state index in [0.717, 1.165) is 87.1 Å². The third kappa shape index (κ3) is 18.4. The Morgan fingerprint density at radius 3 is 1.62 bits per heavy atom. The van der Waals surface area contributed by atoms with Crippen molar-refractivity contribution in [2.75, 3.05) is 99.2 Å². The molecular weight excluding hydrogens is 1210 g/mol. The number of hydrogen-bond acceptors (Lipinski definition) is 14. The fourth-order valence-electron chi connectivity index (χ4n) is 11.1. The summed E-state index contributed by atoms with van der Waals surface area (Å²) in [4.78, 5) is 53.9. The molecule has 0 spiro atoms. The Kier molecular flexibility index (Phi) is 21.0. The van der Waals surface area contributed by atoms with Gasteiger partial charge >= 0.3 is 37.6 Å². The van der Waals surface area contributed by atoms with Crippen LogP contribution >= 0.6 is 11.6 Å². The molecule has 11 rings (SSSR count). The molecule has 0 radical (unpaired) electrons. The number of benzene rings is 2. The van der Waals surface area contributed by atoms with Crippen molar-refractivity contribution in [1.29, 1.82) is 0 Å². The number of nitrogens with zero attached hydrogens (tertiary/aromatic N) is 9. The number of aromatic nitrogens is 6. The Hall–Kier alpha value is -7.46. The number of ether oxygens (including phenoxy) is 3. The molecule has 0 unspecified atom stereocenters. The first-order valence-electron chi connectivity index (χ1n) is 30.3. The Morgan fingerprint density at radius 2 is 1.15 bits per heavy atom. The molecular formula is C63H78BClF6N12O8. The third-order valence-corrected chi connectivity index (χ3v) is 16.7. The predicted octanol–water partition coefficient (Wildman–Crippen LogP) is 12.4. The zero-order valence-electron chi connectivity index (χ0n) is 52.6. The van der Waals surface area contributed by atoms with Crippen LogP contribution < -0.4 is 25.9 Å². The highest BCUT2D eigenvalue weighted by Gasteiger charge is 2.52. The van der Waals surface area contributed by atoms with Crippen LogP contribution in [0.1, 0.15) is 85.3 Å². The Labute approximate surface area is 530 Å². The number of amides is 4. The lowest BCUT2D eigenvalue weighted by molar-refractivity contribution is -0.144. The zero-order chi connectivity index (χ0) is 65.6. The van der Waals surface area contributed by atoms with Gasteiger partial charge in [0.05, 0.1) is 49.5 Å². The number of nitrogens with one attached hydrogen (secondary N) is 3. The lowest BCUT2D eigenvalue weighted by atomic mass is 9.82. The maximum atomic E-state index is 12.8. The third-order valence-electron chi connectivity index (χ3n) is 16.6. The van der Waals surface area contributed by atoms with Gasteiger partial charge in [-0.3, -0.25) is 5.10 Å². The van der Waals surface area contributed by atoms with Crippen LogP contribution in [0.3, 0.4) is 0 Å². The zero-order valence-corrected chi connectivity index (χ0v) is 53.3. The first-order valence-corrected chi connectivity index (χ1v) is 30.7. The van der Waals surface area contributed by atoms with Crippen molar-refractivity contribution < 1.29 is 64.2 Å². The van der Waals surface area contributed by atoms with Gasteiger partial charge in [-0.15, -0.1) is 0 Å². The van der Waals surface area contributed by atoms with Crippen LogP contribution in [0.4, 0.5) is 63.7 Å².